The molecule has 0 bridgehead atoms. The number of benzene rings is 1. The van der Waals surface area contributed by atoms with Crippen molar-refractivity contribution in [2.45, 2.75) is 33.1 Å². The fourth-order valence-corrected chi connectivity index (χ4v) is 1.74. The molecule has 0 saturated heterocycles. The van der Waals surface area contributed by atoms with E-state index in [4.69, 9.17) is 16.7 Å². The van der Waals surface area contributed by atoms with Gasteiger partial charge in [0.15, 0.2) is 0 Å². The van der Waals surface area contributed by atoms with Gasteiger partial charge < -0.3 is 10.4 Å². The summed E-state index contributed by atoms with van der Waals surface area (Å²) < 4.78 is 0. The zero-order valence-electron chi connectivity index (χ0n) is 11.8. The number of carboxylic acids is 1. The molecule has 0 fully saturated rings. The van der Waals surface area contributed by atoms with Gasteiger partial charge in [-0.15, -0.1) is 0 Å². The molecule has 0 atom stereocenters. The number of halogens is 1. The third-order valence-corrected chi connectivity index (χ3v) is 3.46. The van der Waals surface area contributed by atoms with Crippen LogP contribution in [0.15, 0.2) is 24.3 Å². The molecule has 1 rings (SSSR count). The molecular formula is C15H20ClNO3. The molecule has 5 heteroatoms. The average Bonchev–Trinajstić information content (AvgIpc) is 2.37. The highest BCUT2D eigenvalue weighted by molar-refractivity contribution is 6.30. The summed E-state index contributed by atoms with van der Waals surface area (Å²) in [5.74, 6) is -0.922. The van der Waals surface area contributed by atoms with E-state index in [2.05, 4.69) is 5.32 Å². The molecule has 0 radical (unpaired) electrons. The summed E-state index contributed by atoms with van der Waals surface area (Å²) in [6.07, 6.45) is 1.44. The minimum absolute atomic E-state index is 0.0684. The first-order valence-electron chi connectivity index (χ1n) is 6.56. The Bertz CT molecular complexity index is 469. The molecule has 0 aromatic heterocycles. The summed E-state index contributed by atoms with van der Waals surface area (Å²) in [6, 6.07) is 7.38. The Morgan fingerprint density at radius 3 is 2.40 bits per heavy atom. The van der Waals surface area contributed by atoms with Crippen LogP contribution in [0.25, 0.3) is 0 Å². The van der Waals surface area contributed by atoms with E-state index in [1.165, 1.54) is 0 Å². The van der Waals surface area contributed by atoms with Crippen molar-refractivity contribution in [1.29, 1.82) is 0 Å². The molecule has 1 amide bonds. The number of nitrogens with one attached hydrogen (secondary N) is 1. The van der Waals surface area contributed by atoms with E-state index in [-0.39, 0.29) is 5.91 Å². The second-order valence-corrected chi connectivity index (χ2v) is 5.85. The van der Waals surface area contributed by atoms with Crippen LogP contribution in [0.5, 0.6) is 0 Å². The molecule has 1 aromatic rings. The van der Waals surface area contributed by atoms with Crippen molar-refractivity contribution in [2.75, 3.05) is 6.54 Å². The van der Waals surface area contributed by atoms with Crippen LogP contribution in [-0.2, 0) is 16.0 Å². The molecule has 0 unspecified atom stereocenters. The van der Waals surface area contributed by atoms with Crippen LogP contribution in [0.4, 0.5) is 0 Å². The van der Waals surface area contributed by atoms with Crippen LogP contribution in [0.3, 0.4) is 0 Å². The van der Waals surface area contributed by atoms with Crippen molar-refractivity contribution < 1.29 is 14.7 Å². The third kappa shape index (κ3) is 5.61. The lowest BCUT2D eigenvalue weighted by atomic mass is 9.90. The highest BCUT2D eigenvalue weighted by atomic mass is 35.5. The van der Waals surface area contributed by atoms with E-state index >= 15 is 0 Å². The lowest BCUT2D eigenvalue weighted by Gasteiger charge is -2.18. The molecule has 1 aromatic carbocycles. The number of carbonyl (C=O) groups excluding carboxylic acids is 1. The van der Waals surface area contributed by atoms with Gasteiger partial charge in [-0.3, -0.25) is 9.59 Å². The summed E-state index contributed by atoms with van der Waals surface area (Å²) in [6.45, 7) is 3.67. The molecular weight excluding hydrogens is 278 g/mol. The van der Waals surface area contributed by atoms with Crippen molar-refractivity contribution in [3.8, 4) is 0 Å². The number of carboxylic acid groups (broad SMARTS) is 1. The van der Waals surface area contributed by atoms with Gasteiger partial charge in [0.25, 0.3) is 0 Å². The van der Waals surface area contributed by atoms with Gasteiger partial charge in [-0.05, 0) is 44.4 Å². The molecule has 0 heterocycles. The maximum absolute atomic E-state index is 11.7. The van der Waals surface area contributed by atoms with Gasteiger partial charge in [-0.25, -0.2) is 0 Å². The fourth-order valence-electron chi connectivity index (χ4n) is 1.62. The quantitative estimate of drug-likeness (QED) is 0.813. The van der Waals surface area contributed by atoms with Crippen molar-refractivity contribution in [2.24, 2.45) is 5.41 Å². The maximum atomic E-state index is 11.7. The lowest BCUT2D eigenvalue weighted by Crippen LogP contribution is -2.32. The molecule has 2 N–H and O–H groups in total. The standard InChI is InChI=1S/C15H20ClNO3/c1-15(2,14(19)20)9-10-17-13(18)8-5-11-3-6-12(16)7-4-11/h3-4,6-7H,5,8-10H2,1-2H3,(H,17,18)(H,19,20). The van der Waals surface area contributed by atoms with Crippen molar-refractivity contribution in [3.05, 3.63) is 34.9 Å². The number of hydrogen-bond acceptors (Lipinski definition) is 2. The van der Waals surface area contributed by atoms with E-state index in [0.29, 0.717) is 30.8 Å². The second-order valence-electron chi connectivity index (χ2n) is 5.42. The first-order valence-corrected chi connectivity index (χ1v) is 6.93. The minimum Gasteiger partial charge on any atom is -0.481 e. The molecule has 0 aliphatic rings. The van der Waals surface area contributed by atoms with Gasteiger partial charge in [0.2, 0.25) is 5.91 Å². The van der Waals surface area contributed by atoms with E-state index in [0.717, 1.165) is 5.56 Å². The predicted octanol–water partition coefficient (Wildman–Crippen LogP) is 2.89. The summed E-state index contributed by atoms with van der Waals surface area (Å²) in [5.41, 5.74) is 0.235. The van der Waals surface area contributed by atoms with Crippen molar-refractivity contribution in [3.63, 3.8) is 0 Å². The Morgan fingerprint density at radius 1 is 1.25 bits per heavy atom. The Morgan fingerprint density at radius 2 is 1.85 bits per heavy atom. The van der Waals surface area contributed by atoms with Gasteiger partial charge in [-0.2, -0.15) is 0 Å². The minimum atomic E-state index is -0.854. The molecule has 0 aliphatic heterocycles. The highest BCUT2D eigenvalue weighted by Gasteiger charge is 2.26. The van der Waals surface area contributed by atoms with Gasteiger partial charge in [0.05, 0.1) is 5.41 Å². The molecule has 20 heavy (non-hydrogen) atoms. The largest absolute Gasteiger partial charge is 0.481 e. The van der Waals surface area contributed by atoms with Crippen LogP contribution in [0.2, 0.25) is 5.02 Å². The van der Waals surface area contributed by atoms with Crippen LogP contribution >= 0.6 is 11.6 Å². The first kappa shape index (κ1) is 16.5. The Hall–Kier alpha value is -1.55. The molecule has 0 aliphatic carbocycles. The van der Waals surface area contributed by atoms with Crippen LogP contribution < -0.4 is 5.32 Å². The summed E-state index contributed by atoms with van der Waals surface area (Å²) in [5, 5.41) is 12.4. The van der Waals surface area contributed by atoms with Gasteiger partial charge in [0.1, 0.15) is 0 Å². The molecule has 4 nitrogen and oxygen atoms in total. The third-order valence-electron chi connectivity index (χ3n) is 3.21. The van der Waals surface area contributed by atoms with E-state index < -0.39 is 11.4 Å². The Labute approximate surface area is 124 Å². The number of rotatable bonds is 7. The SMILES string of the molecule is CC(C)(CCNC(=O)CCc1ccc(Cl)cc1)C(=O)O. The first-order chi connectivity index (χ1) is 9.31. The number of amides is 1. The van der Waals surface area contributed by atoms with Crippen LogP contribution in [-0.4, -0.2) is 23.5 Å². The number of hydrogen-bond donors (Lipinski definition) is 2. The maximum Gasteiger partial charge on any atom is 0.309 e. The molecule has 110 valence electrons. The normalized spacial score (nSPS) is 11.2. The Kier molecular flexibility index (Phi) is 6.02. The zero-order chi connectivity index (χ0) is 15.2. The van der Waals surface area contributed by atoms with Crippen LogP contribution in [0.1, 0.15) is 32.3 Å². The Balaban J connectivity index is 2.27. The van der Waals surface area contributed by atoms with Gasteiger partial charge >= 0.3 is 5.97 Å². The topological polar surface area (TPSA) is 66.4 Å². The van der Waals surface area contributed by atoms with Crippen molar-refractivity contribution in [1.82, 2.24) is 5.32 Å². The number of carbonyl (C=O) groups is 2. The van der Waals surface area contributed by atoms with Crippen molar-refractivity contribution >= 4 is 23.5 Å². The number of aliphatic carboxylic acids is 1. The number of aryl methyl sites for hydroxylation is 1. The highest BCUT2D eigenvalue weighted by Crippen LogP contribution is 2.19. The molecule has 0 spiro atoms. The van der Waals surface area contributed by atoms with E-state index in [1.807, 2.05) is 12.1 Å². The summed E-state index contributed by atoms with van der Waals surface area (Å²) >= 11 is 5.78. The smallest absolute Gasteiger partial charge is 0.309 e. The van der Waals surface area contributed by atoms with E-state index in [1.54, 1.807) is 26.0 Å². The fraction of sp³-hybridized carbons (Fsp3) is 0.467. The summed E-state index contributed by atoms with van der Waals surface area (Å²) in [4.78, 5) is 22.6. The monoisotopic (exact) mass is 297 g/mol. The lowest BCUT2D eigenvalue weighted by molar-refractivity contribution is -0.147. The summed E-state index contributed by atoms with van der Waals surface area (Å²) in [7, 11) is 0. The predicted molar refractivity (Wildman–Crippen MR) is 78.8 cm³/mol. The zero-order valence-corrected chi connectivity index (χ0v) is 12.5. The molecule has 0 saturated carbocycles. The second kappa shape index (κ2) is 7.29. The van der Waals surface area contributed by atoms with Gasteiger partial charge in [-0.1, -0.05) is 23.7 Å². The van der Waals surface area contributed by atoms with E-state index in [9.17, 15) is 9.59 Å². The van der Waals surface area contributed by atoms with Gasteiger partial charge in [0, 0.05) is 18.0 Å². The van der Waals surface area contributed by atoms with Crippen LogP contribution in [0, 0.1) is 5.41 Å². The average molecular weight is 298 g/mol.